The summed E-state index contributed by atoms with van der Waals surface area (Å²) < 4.78 is 0. The van der Waals surface area contributed by atoms with Crippen molar-refractivity contribution in [1.29, 1.82) is 0 Å². The minimum absolute atomic E-state index is 0.212. The third-order valence-electron chi connectivity index (χ3n) is 2.04. The Labute approximate surface area is 92.6 Å². The van der Waals surface area contributed by atoms with Crippen molar-refractivity contribution in [2.24, 2.45) is 0 Å². The number of hydrogen-bond acceptors (Lipinski definition) is 4. The molecule has 1 rings (SSSR count). The molecule has 1 aromatic rings. The summed E-state index contributed by atoms with van der Waals surface area (Å²) in [5.74, 6) is -0.975. The number of aliphatic carboxylic acids is 1. The van der Waals surface area contributed by atoms with Crippen molar-refractivity contribution in [2.75, 3.05) is 6.54 Å². The number of thiophene rings is 1. The van der Waals surface area contributed by atoms with Gasteiger partial charge >= 0.3 is 5.97 Å². The second kappa shape index (κ2) is 5.85. The molecule has 15 heavy (non-hydrogen) atoms. The van der Waals surface area contributed by atoms with E-state index >= 15 is 0 Å². The lowest BCUT2D eigenvalue weighted by Crippen LogP contribution is -2.28. The SMILES string of the molecule is Cc1ccsc1CNCC(O)CC(=O)O. The van der Waals surface area contributed by atoms with E-state index in [2.05, 4.69) is 5.32 Å². The van der Waals surface area contributed by atoms with Crippen LogP contribution in [0.3, 0.4) is 0 Å². The van der Waals surface area contributed by atoms with Gasteiger partial charge in [-0.2, -0.15) is 0 Å². The number of aliphatic hydroxyl groups is 1. The Hall–Kier alpha value is -0.910. The van der Waals surface area contributed by atoms with Crippen LogP contribution >= 0.6 is 11.3 Å². The van der Waals surface area contributed by atoms with E-state index in [0.717, 1.165) is 0 Å². The molecule has 0 aliphatic carbocycles. The monoisotopic (exact) mass is 229 g/mol. The van der Waals surface area contributed by atoms with Crippen LogP contribution in [0, 0.1) is 6.92 Å². The smallest absolute Gasteiger partial charge is 0.306 e. The summed E-state index contributed by atoms with van der Waals surface area (Å²) in [4.78, 5) is 11.5. The standard InChI is InChI=1S/C10H15NO3S/c1-7-2-3-15-9(7)6-11-5-8(12)4-10(13)14/h2-3,8,11-12H,4-6H2,1H3,(H,13,14). The first-order chi connectivity index (χ1) is 7.09. The summed E-state index contributed by atoms with van der Waals surface area (Å²) in [5.41, 5.74) is 1.22. The van der Waals surface area contributed by atoms with Gasteiger partial charge in [-0.05, 0) is 23.9 Å². The minimum Gasteiger partial charge on any atom is -0.481 e. The molecule has 1 atom stereocenters. The van der Waals surface area contributed by atoms with Gasteiger partial charge in [-0.25, -0.2) is 0 Å². The second-order valence-electron chi connectivity index (χ2n) is 3.41. The quantitative estimate of drug-likeness (QED) is 0.680. The molecule has 1 aromatic heterocycles. The fraction of sp³-hybridized carbons (Fsp3) is 0.500. The Morgan fingerprint density at radius 3 is 2.93 bits per heavy atom. The van der Waals surface area contributed by atoms with Gasteiger partial charge in [0.2, 0.25) is 0 Å². The minimum atomic E-state index is -0.975. The van der Waals surface area contributed by atoms with Crippen LogP contribution in [-0.2, 0) is 11.3 Å². The van der Waals surface area contributed by atoms with Crippen molar-refractivity contribution in [3.8, 4) is 0 Å². The molecule has 0 aromatic carbocycles. The number of hydrogen-bond donors (Lipinski definition) is 3. The number of aryl methyl sites for hydroxylation is 1. The molecule has 0 bridgehead atoms. The summed E-state index contributed by atoms with van der Waals surface area (Å²) in [6.07, 6.45) is -1.03. The van der Waals surface area contributed by atoms with E-state index in [1.54, 1.807) is 11.3 Å². The number of carboxylic acids is 1. The Morgan fingerprint density at radius 2 is 2.40 bits per heavy atom. The molecule has 5 heteroatoms. The third kappa shape index (κ3) is 4.42. The largest absolute Gasteiger partial charge is 0.481 e. The van der Waals surface area contributed by atoms with Crippen molar-refractivity contribution in [3.05, 3.63) is 21.9 Å². The van der Waals surface area contributed by atoms with Crippen LogP contribution in [-0.4, -0.2) is 28.8 Å². The van der Waals surface area contributed by atoms with Gasteiger partial charge in [0.05, 0.1) is 12.5 Å². The topological polar surface area (TPSA) is 69.6 Å². The van der Waals surface area contributed by atoms with Crippen molar-refractivity contribution in [1.82, 2.24) is 5.32 Å². The maximum absolute atomic E-state index is 10.3. The fourth-order valence-electron chi connectivity index (χ4n) is 1.21. The molecule has 0 aliphatic heterocycles. The van der Waals surface area contributed by atoms with Crippen LogP contribution in [0.5, 0.6) is 0 Å². The maximum atomic E-state index is 10.3. The Morgan fingerprint density at radius 1 is 1.67 bits per heavy atom. The van der Waals surface area contributed by atoms with Gasteiger partial charge in [0.1, 0.15) is 0 Å². The molecule has 0 fully saturated rings. The van der Waals surface area contributed by atoms with Crippen LogP contribution in [0.1, 0.15) is 16.9 Å². The zero-order valence-electron chi connectivity index (χ0n) is 8.56. The zero-order valence-corrected chi connectivity index (χ0v) is 9.38. The highest BCUT2D eigenvalue weighted by Crippen LogP contribution is 2.14. The predicted molar refractivity (Wildman–Crippen MR) is 59.0 cm³/mol. The average Bonchev–Trinajstić information content (AvgIpc) is 2.50. The lowest BCUT2D eigenvalue weighted by atomic mass is 10.2. The van der Waals surface area contributed by atoms with E-state index in [4.69, 9.17) is 5.11 Å². The van der Waals surface area contributed by atoms with Crippen molar-refractivity contribution >= 4 is 17.3 Å². The molecule has 0 radical (unpaired) electrons. The van der Waals surface area contributed by atoms with Crippen molar-refractivity contribution in [2.45, 2.75) is 26.0 Å². The number of aliphatic hydroxyl groups excluding tert-OH is 1. The molecule has 1 heterocycles. The predicted octanol–water partition coefficient (Wildman–Crippen LogP) is 0.982. The number of rotatable bonds is 6. The molecular weight excluding hydrogens is 214 g/mol. The van der Waals surface area contributed by atoms with Gasteiger partial charge in [-0.3, -0.25) is 4.79 Å². The third-order valence-corrected chi connectivity index (χ3v) is 3.07. The number of carboxylic acid groups (broad SMARTS) is 1. The molecule has 3 N–H and O–H groups in total. The normalized spacial score (nSPS) is 12.7. The first-order valence-corrected chi connectivity index (χ1v) is 5.61. The Bertz CT molecular complexity index is 324. The number of carbonyl (C=O) groups is 1. The van der Waals surface area contributed by atoms with Gasteiger partial charge in [0, 0.05) is 18.0 Å². The van der Waals surface area contributed by atoms with Crippen LogP contribution in [0.4, 0.5) is 0 Å². The van der Waals surface area contributed by atoms with Crippen molar-refractivity contribution < 1.29 is 15.0 Å². The van der Waals surface area contributed by atoms with Gasteiger partial charge in [-0.15, -0.1) is 11.3 Å². The molecule has 0 saturated carbocycles. The van der Waals surface area contributed by atoms with E-state index in [1.165, 1.54) is 10.4 Å². The molecular formula is C10H15NO3S. The summed E-state index contributed by atoms with van der Waals surface area (Å²) in [5, 5.41) is 22.7. The summed E-state index contributed by atoms with van der Waals surface area (Å²) >= 11 is 1.65. The van der Waals surface area contributed by atoms with E-state index in [1.807, 2.05) is 18.4 Å². The molecule has 1 unspecified atom stereocenters. The molecule has 0 spiro atoms. The van der Waals surface area contributed by atoms with E-state index in [0.29, 0.717) is 13.1 Å². The van der Waals surface area contributed by atoms with Gasteiger partial charge in [0.15, 0.2) is 0 Å². The first kappa shape index (κ1) is 12.2. The summed E-state index contributed by atoms with van der Waals surface area (Å²) in [7, 11) is 0. The molecule has 0 aliphatic rings. The molecule has 0 saturated heterocycles. The van der Waals surface area contributed by atoms with E-state index in [9.17, 15) is 9.90 Å². The molecule has 4 nitrogen and oxygen atoms in total. The van der Waals surface area contributed by atoms with Gasteiger partial charge in [-0.1, -0.05) is 0 Å². The Balaban J connectivity index is 2.22. The summed E-state index contributed by atoms with van der Waals surface area (Å²) in [6.45, 7) is 3.02. The zero-order chi connectivity index (χ0) is 11.3. The van der Waals surface area contributed by atoms with Crippen molar-refractivity contribution in [3.63, 3.8) is 0 Å². The molecule has 84 valence electrons. The summed E-state index contributed by atoms with van der Waals surface area (Å²) in [6, 6.07) is 2.04. The maximum Gasteiger partial charge on any atom is 0.306 e. The highest BCUT2D eigenvalue weighted by molar-refractivity contribution is 7.10. The van der Waals surface area contributed by atoms with Crippen LogP contribution in [0.15, 0.2) is 11.4 Å². The average molecular weight is 229 g/mol. The lowest BCUT2D eigenvalue weighted by molar-refractivity contribution is -0.139. The first-order valence-electron chi connectivity index (χ1n) is 4.73. The highest BCUT2D eigenvalue weighted by Gasteiger charge is 2.08. The lowest BCUT2D eigenvalue weighted by Gasteiger charge is -2.08. The van der Waals surface area contributed by atoms with E-state index < -0.39 is 12.1 Å². The van der Waals surface area contributed by atoms with Crippen LogP contribution < -0.4 is 5.32 Å². The number of nitrogens with one attached hydrogen (secondary N) is 1. The van der Waals surface area contributed by atoms with Crippen LogP contribution in [0.2, 0.25) is 0 Å². The highest BCUT2D eigenvalue weighted by atomic mass is 32.1. The van der Waals surface area contributed by atoms with E-state index in [-0.39, 0.29) is 6.42 Å². The molecule has 0 amide bonds. The Kier molecular flexibility index (Phi) is 4.74. The second-order valence-corrected chi connectivity index (χ2v) is 4.41. The van der Waals surface area contributed by atoms with Gasteiger partial charge < -0.3 is 15.5 Å². The fourth-order valence-corrected chi connectivity index (χ4v) is 2.09. The van der Waals surface area contributed by atoms with Gasteiger partial charge in [0.25, 0.3) is 0 Å². The van der Waals surface area contributed by atoms with Crippen LogP contribution in [0.25, 0.3) is 0 Å².